The summed E-state index contributed by atoms with van der Waals surface area (Å²) < 4.78 is 17.3. The van der Waals surface area contributed by atoms with Crippen molar-refractivity contribution in [3.8, 4) is 33.9 Å². The molecule has 0 aromatic heterocycles. The van der Waals surface area contributed by atoms with E-state index in [1.54, 1.807) is 0 Å². The summed E-state index contributed by atoms with van der Waals surface area (Å²) in [6.45, 7) is 27.0. The second-order valence-electron chi connectivity index (χ2n) is 37.3. The van der Waals surface area contributed by atoms with Crippen LogP contribution >= 0.6 is 0 Å². The van der Waals surface area contributed by atoms with E-state index in [0.717, 1.165) is 171 Å². The van der Waals surface area contributed by atoms with Crippen molar-refractivity contribution in [2.45, 2.75) is 99.8 Å². The number of aryl methyl sites for hydroxylation is 6. The molecule has 4 aliphatic heterocycles. The molecule has 0 saturated carbocycles. The number of hydrogen-bond donors (Lipinski definition) is 1. The minimum absolute atomic E-state index is 0.00795. The number of anilines is 4. The van der Waals surface area contributed by atoms with Crippen molar-refractivity contribution >= 4 is 92.1 Å². The molecule has 2 saturated heterocycles. The lowest BCUT2D eigenvalue weighted by Crippen LogP contribution is -2.76. The highest BCUT2D eigenvalue weighted by Crippen LogP contribution is 2.45. The Morgan fingerprint density at radius 3 is 1.31 bits per heavy atom. The van der Waals surface area contributed by atoms with Gasteiger partial charge in [0.2, 0.25) is 17.2 Å². The van der Waals surface area contributed by atoms with E-state index in [1.165, 1.54) is 89.8 Å². The third-order valence-corrected chi connectivity index (χ3v) is 27.2. The summed E-state index contributed by atoms with van der Waals surface area (Å²) >= 11 is 0. The average Bonchev–Trinajstić information content (AvgIpc) is 0.742. The Kier molecular flexibility index (Phi) is 29.9. The Bertz CT molecular complexity index is 6480. The molecule has 3 aliphatic carbocycles. The van der Waals surface area contributed by atoms with Crippen LogP contribution in [0.5, 0.6) is 11.5 Å². The first-order valence-electron chi connectivity index (χ1n) is 47.6. The minimum Gasteiger partial charge on any atom is -0.456 e. The number of nitrogens with one attached hydrogen (secondary N) is 1. The van der Waals surface area contributed by atoms with E-state index in [-0.39, 0.29) is 23.6 Å². The lowest BCUT2D eigenvalue weighted by Gasteiger charge is -2.36. The molecule has 688 valence electrons. The first-order valence-corrected chi connectivity index (χ1v) is 47.6. The summed E-state index contributed by atoms with van der Waals surface area (Å²) in [5.41, 5.74) is 31.2. The fraction of sp³-hybridized carbons (Fsp3) is 0.308. The Hall–Kier alpha value is -13.9. The Labute approximate surface area is 792 Å². The van der Waals surface area contributed by atoms with Crippen molar-refractivity contribution in [3.05, 3.63) is 348 Å². The van der Waals surface area contributed by atoms with Crippen LogP contribution in [0.25, 0.3) is 56.7 Å². The van der Waals surface area contributed by atoms with Gasteiger partial charge in [-0.05, 0) is 290 Å². The van der Waals surface area contributed by atoms with Gasteiger partial charge < -0.3 is 48.4 Å². The van der Waals surface area contributed by atoms with Gasteiger partial charge in [-0.15, -0.1) is 0 Å². The number of hydrogen-bond acceptors (Lipinski definition) is 10. The molecule has 0 spiro atoms. The topological polar surface area (TPSA) is 137 Å². The molecule has 4 heterocycles. The Morgan fingerprint density at radius 2 is 0.843 bits per heavy atom. The van der Waals surface area contributed by atoms with Crippen molar-refractivity contribution in [1.82, 2.24) is 19.6 Å². The SMILES string of the molecule is C=c1cc2c(cc1C)=C(c1ccccc1C(=O)N(C)CCCCCCN(C)C(=O)c1ccccc1-c1c3cc(C)c(=[NH+]CC)cc-3oc3cc(C)c(C)cc13)c1cc(C)c(C)cc1O2.CN(C)c1ccc(C(=C2C=CC(=[N+](C)C)C=C2)c2ccc(N3CCN(C(=O)CCCCC(=O)N4CCN(c5ccc(C(=C6C=CC(=[N+](C)C)C=C6)c6ccc(N(C)C)cc6)cc5)CC4)CC3)cc2)cc1. The minimum atomic E-state index is -0.0119. The smallest absolute Gasteiger partial charge is 0.254 e. The van der Waals surface area contributed by atoms with Gasteiger partial charge in [-0.2, -0.15) is 0 Å². The van der Waals surface area contributed by atoms with Gasteiger partial charge in [0.1, 0.15) is 57.6 Å². The van der Waals surface area contributed by atoms with Crippen molar-refractivity contribution in [3.63, 3.8) is 0 Å². The molecule has 9 aromatic rings. The molecule has 7 aliphatic rings. The number of carbonyl (C=O) groups is 4. The molecule has 9 aromatic carbocycles. The zero-order chi connectivity index (χ0) is 94.7. The van der Waals surface area contributed by atoms with Crippen molar-refractivity contribution in [1.29, 1.82) is 0 Å². The monoisotopic (exact) mass is 1790 g/mol. The highest BCUT2D eigenvalue weighted by atomic mass is 16.5. The van der Waals surface area contributed by atoms with Gasteiger partial charge in [0.05, 0.1) is 6.07 Å². The second kappa shape index (κ2) is 42.3. The van der Waals surface area contributed by atoms with Crippen LogP contribution in [0.2, 0.25) is 0 Å². The molecule has 1 N–H and O–H groups in total. The van der Waals surface area contributed by atoms with E-state index in [1.807, 2.05) is 76.2 Å². The predicted molar refractivity (Wildman–Crippen MR) is 553 cm³/mol. The first kappa shape index (κ1) is 94.7. The highest BCUT2D eigenvalue weighted by molar-refractivity contribution is 6.10. The summed E-state index contributed by atoms with van der Waals surface area (Å²) in [5, 5.41) is 3.91. The predicted octanol–water partition coefficient (Wildman–Crippen LogP) is 17.9. The van der Waals surface area contributed by atoms with E-state index in [9.17, 15) is 19.2 Å². The average molecular weight is 1790 g/mol. The fourth-order valence-electron chi connectivity index (χ4n) is 18.7. The maximum Gasteiger partial charge on any atom is 0.254 e. The summed E-state index contributed by atoms with van der Waals surface area (Å²) in [5.74, 6) is 2.68. The number of amides is 4. The van der Waals surface area contributed by atoms with E-state index >= 15 is 0 Å². The van der Waals surface area contributed by atoms with Crippen LogP contribution in [0.15, 0.2) is 258 Å². The standard InChI is InChI=1S/C60H72N8O2.C57H59N3O4/c1-61(2)51-25-13-45(14-26-51)59(46-15-27-52(28-16-46)62(3)4)49-21-33-55(34-22-49)65-37-41-67(42-38-65)57(69)11-9-10-12-58(70)68-43-39-66(40-44-68)56-35-23-50(24-36-56)60(47-17-29-53(30-18-47)63(5)6)48-19-31-54(32-20-48)64(7)8;1-11-58-49-33-53-48(29-40(49)8)55(47-28-36(4)39(7)32-52(47)64-53)42-21-15-17-23-44(42)57(62)60(10)25-19-13-12-18-24-59(9)56(61)43-22-16-14-20-41(43)54-45-26-34(2)37(5)30-50(45)63-51-31-38(6)35(3)27-46(51)54/h13-36H,9-12,37-44H2,1-8H3;14-17,20-23,26-33H,5,11-13,18-19,24-25H2,1-4,6-10H3/q+2;/p+1. The van der Waals surface area contributed by atoms with Crippen LogP contribution in [0, 0.1) is 41.5 Å². The third-order valence-electron chi connectivity index (χ3n) is 27.2. The van der Waals surface area contributed by atoms with Gasteiger partial charge in [-0.1, -0.05) is 104 Å². The van der Waals surface area contributed by atoms with Crippen LogP contribution in [0.1, 0.15) is 146 Å². The molecule has 2 fully saturated rings. The molecule has 17 heteroatoms. The van der Waals surface area contributed by atoms with E-state index < -0.39 is 0 Å². The lowest BCUT2D eigenvalue weighted by molar-refractivity contribution is -0.496. The van der Waals surface area contributed by atoms with Gasteiger partial charge in [0.15, 0.2) is 11.4 Å². The number of fused-ring (bicyclic) bond motifs is 4. The van der Waals surface area contributed by atoms with E-state index in [4.69, 9.17) is 9.15 Å². The van der Waals surface area contributed by atoms with Gasteiger partial charge >= 0.3 is 0 Å². The van der Waals surface area contributed by atoms with Gasteiger partial charge in [-0.25, -0.2) is 14.1 Å². The van der Waals surface area contributed by atoms with Crippen LogP contribution in [-0.2, 0) is 9.59 Å². The van der Waals surface area contributed by atoms with Gasteiger partial charge in [-0.3, -0.25) is 19.2 Å². The number of allylic oxidation sites excluding steroid dienone is 10. The summed E-state index contributed by atoms with van der Waals surface area (Å²) in [6, 6.07) is 68.2. The summed E-state index contributed by atoms with van der Waals surface area (Å²) in [7, 11) is 20.3. The van der Waals surface area contributed by atoms with Crippen LogP contribution in [-0.4, -0.2) is 206 Å². The number of rotatable bonds is 25. The van der Waals surface area contributed by atoms with Crippen LogP contribution < -0.4 is 45.1 Å². The molecule has 4 amide bonds. The number of nitrogens with zero attached hydrogens (tertiary/aromatic N) is 10. The number of benzene rings is 10. The largest absolute Gasteiger partial charge is 0.456 e. The van der Waals surface area contributed by atoms with E-state index in [2.05, 4.69) is 345 Å². The Morgan fingerprint density at radius 1 is 0.418 bits per heavy atom. The molecular formula is C117H132N11O6+3. The maximum absolute atomic E-state index is 14.3. The van der Waals surface area contributed by atoms with Crippen molar-refractivity contribution in [2.75, 3.05) is 162 Å². The lowest BCUT2D eigenvalue weighted by atomic mass is 9.87. The zero-order valence-corrected chi connectivity index (χ0v) is 81.7. The normalized spacial score (nSPS) is 14.1. The molecule has 0 atom stereocenters. The second-order valence-corrected chi connectivity index (χ2v) is 37.3. The molecule has 0 bridgehead atoms. The maximum atomic E-state index is 14.3. The first-order chi connectivity index (χ1) is 64.6. The summed E-state index contributed by atoms with van der Waals surface area (Å²) in [4.78, 5) is 75.4. The Balaban J connectivity index is 0.000000205. The number of unbranched alkanes of at least 4 members (excludes halogenated alkanes) is 4. The zero-order valence-electron chi connectivity index (χ0n) is 81.7. The van der Waals surface area contributed by atoms with E-state index in [0.29, 0.717) is 63.2 Å². The molecule has 0 radical (unpaired) electrons. The highest BCUT2D eigenvalue weighted by Gasteiger charge is 2.31. The number of piperazine rings is 2. The molecule has 17 nitrogen and oxygen atoms in total. The van der Waals surface area contributed by atoms with Gasteiger partial charge in [0.25, 0.3) is 11.8 Å². The quantitative estimate of drug-likeness (QED) is 0.0334. The fourth-order valence-corrected chi connectivity index (χ4v) is 18.7. The number of ether oxygens (including phenoxy) is 1. The molecule has 16 rings (SSSR count). The molecule has 0 unspecified atom stereocenters. The van der Waals surface area contributed by atoms with Crippen LogP contribution in [0.3, 0.4) is 0 Å². The summed E-state index contributed by atoms with van der Waals surface area (Å²) in [6.07, 6.45) is 23.6. The molecular weight excluding hydrogens is 1660 g/mol. The van der Waals surface area contributed by atoms with Gasteiger partial charge in [0, 0.05) is 217 Å². The van der Waals surface area contributed by atoms with Crippen molar-refractivity contribution in [2.24, 2.45) is 0 Å². The third kappa shape index (κ3) is 21.4. The molecule has 134 heavy (non-hydrogen) atoms. The van der Waals surface area contributed by atoms with Crippen molar-refractivity contribution < 1.29 is 42.5 Å². The number of carbonyl (C=O) groups excluding carboxylic acids is 4. The van der Waals surface area contributed by atoms with Crippen LogP contribution in [0.4, 0.5) is 22.7 Å².